The first kappa shape index (κ1) is 23.0. The molecule has 0 radical (unpaired) electrons. The standard InChI is InChI=1S/C20H24BN5O6S/c1-26(4-2-3-5-26)9-11-6-12-8-15(21(30)32-17(12)13(7-11)19(28)29)24-18(27)16(25-31)14-10-33-20(22)23-14/h6-7,10,15,30H,2-5,8-9H2,1H3,(H4-,22,23,24,27,28,29,31)/p+1/t15-/m0/s1. The Balaban J connectivity index is 1.58. The van der Waals surface area contributed by atoms with Crippen LogP contribution in [0.3, 0.4) is 0 Å². The summed E-state index contributed by atoms with van der Waals surface area (Å²) in [5, 5.41) is 36.8. The van der Waals surface area contributed by atoms with Crippen molar-refractivity contribution in [2.75, 3.05) is 25.9 Å². The zero-order valence-corrected chi connectivity index (χ0v) is 18.8. The molecule has 0 aliphatic carbocycles. The van der Waals surface area contributed by atoms with Crippen LogP contribution < -0.4 is 15.7 Å². The van der Waals surface area contributed by atoms with Crippen LogP contribution in [0.25, 0.3) is 0 Å². The zero-order valence-electron chi connectivity index (χ0n) is 18.0. The Kier molecular flexibility index (Phi) is 6.28. The van der Waals surface area contributed by atoms with E-state index in [9.17, 15) is 24.9 Å². The molecule has 2 aliphatic rings. The number of rotatable bonds is 6. The minimum absolute atomic E-state index is 0.0207. The fourth-order valence-corrected chi connectivity index (χ4v) is 5.05. The lowest BCUT2D eigenvalue weighted by molar-refractivity contribution is -0.910. The average Bonchev–Trinajstić information content (AvgIpc) is 3.37. The zero-order chi connectivity index (χ0) is 23.8. The highest BCUT2D eigenvalue weighted by Gasteiger charge is 2.39. The van der Waals surface area contributed by atoms with Gasteiger partial charge in [0.15, 0.2) is 10.8 Å². The molecule has 3 heterocycles. The number of benzene rings is 1. The molecule has 1 saturated heterocycles. The van der Waals surface area contributed by atoms with Crippen molar-refractivity contribution >= 4 is 41.2 Å². The van der Waals surface area contributed by atoms with Gasteiger partial charge in [0.05, 0.1) is 26.1 Å². The van der Waals surface area contributed by atoms with Crippen LogP contribution in [0.1, 0.15) is 40.0 Å². The molecule has 0 bridgehead atoms. The fourth-order valence-electron chi connectivity index (χ4n) is 4.50. The van der Waals surface area contributed by atoms with Crippen LogP contribution in [0.5, 0.6) is 5.75 Å². The molecular weight excluding hydrogens is 449 g/mol. The summed E-state index contributed by atoms with van der Waals surface area (Å²) in [6.45, 7) is 2.73. The van der Waals surface area contributed by atoms with Crippen molar-refractivity contribution in [3.63, 3.8) is 0 Å². The molecule has 1 aromatic carbocycles. The number of nitrogen functional groups attached to an aromatic ring is 1. The molecule has 0 unspecified atom stereocenters. The molecular formula is C20H25BN5O6S+. The number of carbonyl (C=O) groups is 2. The Hall–Kier alpha value is -3.16. The van der Waals surface area contributed by atoms with Crippen molar-refractivity contribution < 1.29 is 34.1 Å². The summed E-state index contributed by atoms with van der Waals surface area (Å²) in [5.74, 6) is -2.73. The lowest BCUT2D eigenvalue weighted by atomic mass is 9.72. The van der Waals surface area contributed by atoms with Gasteiger partial charge in [-0.15, -0.1) is 11.3 Å². The predicted molar refractivity (Wildman–Crippen MR) is 121 cm³/mol. The molecule has 33 heavy (non-hydrogen) atoms. The Labute approximate surface area is 194 Å². The predicted octanol–water partition coefficient (Wildman–Crippen LogP) is 0.482. The highest BCUT2D eigenvalue weighted by Crippen LogP contribution is 2.33. The van der Waals surface area contributed by atoms with Crippen LogP contribution in [-0.2, 0) is 17.8 Å². The van der Waals surface area contributed by atoms with E-state index in [4.69, 9.17) is 10.4 Å². The SMILES string of the molecule is C[N+]1(Cc2cc3c(c(C(=O)O)c2)OB(O)[C@@H](NC(=O)/C(=N\O)c2csc(N)n2)C3)CCCC1. The van der Waals surface area contributed by atoms with E-state index in [0.717, 1.165) is 47.3 Å². The summed E-state index contributed by atoms with van der Waals surface area (Å²) in [4.78, 5) is 28.5. The molecule has 4 rings (SSSR count). The van der Waals surface area contributed by atoms with Crippen LogP contribution in [0.2, 0.25) is 0 Å². The number of nitrogens with zero attached hydrogens (tertiary/aromatic N) is 3. The highest BCUT2D eigenvalue weighted by molar-refractivity contribution is 7.13. The molecule has 0 spiro atoms. The van der Waals surface area contributed by atoms with Gasteiger partial charge in [-0.2, -0.15) is 0 Å². The molecule has 1 fully saturated rings. The molecule has 0 saturated carbocycles. The van der Waals surface area contributed by atoms with Gasteiger partial charge in [0.1, 0.15) is 23.6 Å². The summed E-state index contributed by atoms with van der Waals surface area (Å²) in [7, 11) is 0.658. The summed E-state index contributed by atoms with van der Waals surface area (Å²) in [5.41, 5.74) is 6.74. The maximum Gasteiger partial charge on any atom is 0.547 e. The minimum atomic E-state index is -1.49. The van der Waals surface area contributed by atoms with Gasteiger partial charge >= 0.3 is 13.1 Å². The summed E-state index contributed by atoms with van der Waals surface area (Å²) >= 11 is 1.08. The monoisotopic (exact) mass is 474 g/mol. The van der Waals surface area contributed by atoms with E-state index in [-0.39, 0.29) is 34.3 Å². The maximum atomic E-state index is 12.7. The van der Waals surface area contributed by atoms with Crippen LogP contribution in [0, 0.1) is 0 Å². The second kappa shape index (κ2) is 9.00. The normalized spacial score (nSPS) is 19.6. The van der Waals surface area contributed by atoms with Crippen LogP contribution in [0.15, 0.2) is 22.7 Å². The van der Waals surface area contributed by atoms with E-state index >= 15 is 0 Å². The lowest BCUT2D eigenvalue weighted by Crippen LogP contribution is -2.54. The van der Waals surface area contributed by atoms with E-state index in [1.807, 2.05) is 6.07 Å². The number of likely N-dealkylation sites (tertiary alicyclic amines) is 1. The number of hydrogen-bond acceptors (Lipinski definition) is 9. The first-order chi connectivity index (χ1) is 15.7. The van der Waals surface area contributed by atoms with E-state index < -0.39 is 24.9 Å². The molecule has 2 aromatic rings. The third-order valence-electron chi connectivity index (χ3n) is 6.09. The smallest absolute Gasteiger partial charge is 0.534 e. The summed E-state index contributed by atoms with van der Waals surface area (Å²) in [6, 6.07) is 3.47. The van der Waals surface area contributed by atoms with Crippen molar-refractivity contribution in [3.8, 4) is 5.75 Å². The largest absolute Gasteiger partial charge is 0.547 e. The molecule has 1 aromatic heterocycles. The Morgan fingerprint density at radius 1 is 1.39 bits per heavy atom. The summed E-state index contributed by atoms with van der Waals surface area (Å²) < 4.78 is 6.36. The van der Waals surface area contributed by atoms with Crippen molar-refractivity contribution in [1.29, 1.82) is 0 Å². The number of aromatic carboxylic acids is 1. The number of thiazole rings is 1. The molecule has 6 N–H and O–H groups in total. The van der Waals surface area contributed by atoms with Crippen molar-refractivity contribution in [1.82, 2.24) is 10.3 Å². The Morgan fingerprint density at radius 3 is 2.73 bits per heavy atom. The number of aromatic nitrogens is 1. The van der Waals surface area contributed by atoms with Gasteiger partial charge in [-0.1, -0.05) is 5.16 Å². The van der Waals surface area contributed by atoms with Gasteiger partial charge in [0.2, 0.25) is 0 Å². The van der Waals surface area contributed by atoms with Crippen molar-refractivity contribution in [3.05, 3.63) is 39.9 Å². The number of anilines is 1. The Morgan fingerprint density at radius 2 is 2.12 bits per heavy atom. The lowest BCUT2D eigenvalue weighted by Gasteiger charge is -2.32. The van der Waals surface area contributed by atoms with Gasteiger partial charge in [-0.25, -0.2) is 9.78 Å². The molecule has 1 amide bonds. The number of amides is 1. The molecule has 174 valence electrons. The number of carboxylic acids is 1. The van der Waals surface area contributed by atoms with E-state index in [0.29, 0.717) is 12.1 Å². The van der Waals surface area contributed by atoms with Crippen LogP contribution in [-0.4, -0.2) is 75.6 Å². The number of nitrogens with two attached hydrogens (primary N) is 1. The molecule has 13 heteroatoms. The third-order valence-corrected chi connectivity index (χ3v) is 6.76. The average molecular weight is 474 g/mol. The van der Waals surface area contributed by atoms with E-state index in [2.05, 4.69) is 22.5 Å². The van der Waals surface area contributed by atoms with E-state index in [1.165, 1.54) is 5.38 Å². The number of quaternary nitrogens is 1. The first-order valence-electron chi connectivity index (χ1n) is 10.5. The van der Waals surface area contributed by atoms with Gasteiger partial charge in [-0.05, 0) is 24.1 Å². The maximum absolute atomic E-state index is 12.7. The second-order valence-corrected chi connectivity index (χ2v) is 9.57. The molecule has 11 nitrogen and oxygen atoms in total. The number of carboxylic acid groups (broad SMARTS) is 1. The van der Waals surface area contributed by atoms with Gasteiger partial charge < -0.3 is 35.5 Å². The van der Waals surface area contributed by atoms with Gasteiger partial charge in [0.25, 0.3) is 5.91 Å². The van der Waals surface area contributed by atoms with Gasteiger partial charge in [-0.3, -0.25) is 4.79 Å². The van der Waals surface area contributed by atoms with Crippen LogP contribution >= 0.6 is 11.3 Å². The molecule has 2 aliphatic heterocycles. The fraction of sp³-hybridized carbons (Fsp3) is 0.400. The number of hydrogen-bond donors (Lipinski definition) is 5. The Bertz CT molecular complexity index is 1120. The van der Waals surface area contributed by atoms with E-state index in [1.54, 1.807) is 6.07 Å². The van der Waals surface area contributed by atoms with Gasteiger partial charge in [0, 0.05) is 23.8 Å². The highest BCUT2D eigenvalue weighted by atomic mass is 32.1. The topological polar surface area (TPSA) is 167 Å². The molecule has 1 atom stereocenters. The number of fused-ring (bicyclic) bond motifs is 1. The number of oxime groups is 1. The van der Waals surface area contributed by atoms with Crippen molar-refractivity contribution in [2.45, 2.75) is 31.7 Å². The van der Waals surface area contributed by atoms with Crippen molar-refractivity contribution in [2.24, 2.45) is 5.16 Å². The second-order valence-electron chi connectivity index (χ2n) is 8.68. The minimum Gasteiger partial charge on any atom is -0.534 e. The first-order valence-corrected chi connectivity index (χ1v) is 11.4. The third kappa shape index (κ3) is 4.79. The number of nitrogens with one attached hydrogen (secondary N) is 1. The summed E-state index contributed by atoms with van der Waals surface area (Å²) in [6.07, 6.45) is 2.41. The number of carbonyl (C=O) groups excluding carboxylic acids is 1. The van der Waals surface area contributed by atoms with Crippen LogP contribution in [0.4, 0.5) is 5.13 Å². The quantitative estimate of drug-likeness (QED) is 0.133.